The van der Waals surface area contributed by atoms with Crippen molar-refractivity contribution >= 4 is 11.3 Å². The first kappa shape index (κ1) is 10.2. The largest absolute Gasteiger partial charge is 0.496 e. The average Bonchev–Trinajstić information content (AvgIpc) is 2.81. The lowest BCUT2D eigenvalue weighted by atomic mass is 10.0. The Morgan fingerprint density at radius 1 is 1.33 bits per heavy atom. The maximum Gasteiger partial charge on any atom is 0.124 e. The topological polar surface area (TPSA) is 29.5 Å². The number of hydrogen-bond acceptors (Lipinski definition) is 3. The number of rotatable bonds is 3. The third-order valence-corrected chi connectivity index (χ3v) is 3.03. The number of hydrogen-bond donors (Lipinski definition) is 1. The van der Waals surface area contributed by atoms with Gasteiger partial charge in [0.1, 0.15) is 5.75 Å². The number of aliphatic hydroxyl groups excluding tert-OH is 1. The van der Waals surface area contributed by atoms with Gasteiger partial charge >= 0.3 is 0 Å². The molecule has 0 fully saturated rings. The lowest BCUT2D eigenvalue weighted by molar-refractivity contribution is 0.274. The van der Waals surface area contributed by atoms with Crippen LogP contribution in [0, 0.1) is 0 Å². The fraction of sp³-hybridized carbons (Fsp3) is 0.167. The van der Waals surface area contributed by atoms with Crippen molar-refractivity contribution in [3.63, 3.8) is 0 Å². The number of methoxy groups -OCH3 is 1. The second-order valence-corrected chi connectivity index (χ2v) is 3.94. The summed E-state index contributed by atoms with van der Waals surface area (Å²) in [5, 5.41) is 13.4. The van der Waals surface area contributed by atoms with Crippen LogP contribution < -0.4 is 4.74 Å². The van der Waals surface area contributed by atoms with Crippen LogP contribution in [0.1, 0.15) is 5.56 Å². The first-order chi connectivity index (χ1) is 7.36. The molecule has 3 heteroatoms. The summed E-state index contributed by atoms with van der Waals surface area (Å²) in [6.07, 6.45) is 0. The summed E-state index contributed by atoms with van der Waals surface area (Å²) in [6.45, 7) is -0.00477. The van der Waals surface area contributed by atoms with Gasteiger partial charge in [0, 0.05) is 5.56 Å². The van der Waals surface area contributed by atoms with Gasteiger partial charge in [0.2, 0.25) is 0 Å². The molecule has 78 valence electrons. The molecule has 0 aliphatic carbocycles. The molecule has 0 amide bonds. The Balaban J connectivity index is 2.56. The average molecular weight is 220 g/mol. The molecule has 1 aromatic heterocycles. The van der Waals surface area contributed by atoms with Gasteiger partial charge in [-0.15, -0.1) is 0 Å². The van der Waals surface area contributed by atoms with Crippen LogP contribution in [0.5, 0.6) is 5.75 Å². The molecule has 2 rings (SSSR count). The molecule has 0 radical (unpaired) electrons. The number of aliphatic hydroxyl groups is 1. The van der Waals surface area contributed by atoms with Crippen molar-refractivity contribution in [3.05, 3.63) is 40.6 Å². The molecule has 0 saturated heterocycles. The molecular weight excluding hydrogens is 208 g/mol. The van der Waals surface area contributed by atoms with Gasteiger partial charge in [-0.3, -0.25) is 0 Å². The van der Waals surface area contributed by atoms with E-state index in [2.05, 4.69) is 5.38 Å². The van der Waals surface area contributed by atoms with Gasteiger partial charge in [-0.25, -0.2) is 0 Å². The van der Waals surface area contributed by atoms with E-state index in [9.17, 15) is 5.11 Å². The maximum absolute atomic E-state index is 9.35. The Morgan fingerprint density at radius 2 is 2.20 bits per heavy atom. The highest BCUT2D eigenvalue weighted by Crippen LogP contribution is 2.31. The van der Waals surface area contributed by atoms with E-state index in [1.807, 2.05) is 29.6 Å². The summed E-state index contributed by atoms with van der Waals surface area (Å²) in [7, 11) is 1.62. The summed E-state index contributed by atoms with van der Waals surface area (Å²) in [5.41, 5.74) is 3.01. The fourth-order valence-electron chi connectivity index (χ4n) is 1.61. The molecule has 1 heterocycles. The van der Waals surface area contributed by atoms with Crippen molar-refractivity contribution in [1.82, 2.24) is 0 Å². The lowest BCUT2D eigenvalue weighted by Crippen LogP contribution is -1.94. The monoisotopic (exact) mass is 220 g/mol. The molecule has 0 unspecified atom stereocenters. The Morgan fingerprint density at radius 3 is 2.80 bits per heavy atom. The molecule has 0 spiro atoms. The van der Waals surface area contributed by atoms with Crippen molar-refractivity contribution in [3.8, 4) is 16.9 Å². The van der Waals surface area contributed by atoms with Gasteiger partial charge in [0.25, 0.3) is 0 Å². The van der Waals surface area contributed by atoms with Gasteiger partial charge in [-0.1, -0.05) is 12.1 Å². The van der Waals surface area contributed by atoms with E-state index >= 15 is 0 Å². The second-order valence-electron chi connectivity index (χ2n) is 3.16. The van der Waals surface area contributed by atoms with E-state index in [4.69, 9.17) is 4.74 Å². The fourth-order valence-corrected chi connectivity index (χ4v) is 2.26. The van der Waals surface area contributed by atoms with Crippen molar-refractivity contribution in [1.29, 1.82) is 0 Å². The number of thiophene rings is 1. The highest BCUT2D eigenvalue weighted by atomic mass is 32.1. The molecule has 2 nitrogen and oxygen atoms in total. The van der Waals surface area contributed by atoms with E-state index in [0.717, 1.165) is 22.4 Å². The SMILES string of the molecule is COc1cccc(-c2ccsc2)c1CO. The first-order valence-electron chi connectivity index (χ1n) is 4.66. The van der Waals surface area contributed by atoms with Crippen LogP contribution in [0.15, 0.2) is 35.0 Å². The van der Waals surface area contributed by atoms with Crippen LogP contribution in [-0.4, -0.2) is 12.2 Å². The molecule has 15 heavy (non-hydrogen) atoms. The zero-order valence-electron chi connectivity index (χ0n) is 8.43. The molecule has 0 bridgehead atoms. The van der Waals surface area contributed by atoms with Crippen LogP contribution in [0.2, 0.25) is 0 Å². The van der Waals surface area contributed by atoms with Gasteiger partial charge < -0.3 is 9.84 Å². The molecule has 0 aliphatic rings. The normalized spacial score (nSPS) is 10.3. The minimum absolute atomic E-state index is 0.00477. The van der Waals surface area contributed by atoms with Crippen LogP contribution in [0.25, 0.3) is 11.1 Å². The number of ether oxygens (including phenoxy) is 1. The van der Waals surface area contributed by atoms with Crippen molar-refractivity contribution in [2.24, 2.45) is 0 Å². The predicted octanol–water partition coefficient (Wildman–Crippen LogP) is 2.92. The smallest absolute Gasteiger partial charge is 0.124 e. The molecule has 1 N–H and O–H groups in total. The summed E-state index contributed by atoms with van der Waals surface area (Å²) in [4.78, 5) is 0. The van der Waals surface area contributed by atoms with E-state index < -0.39 is 0 Å². The van der Waals surface area contributed by atoms with Crippen molar-refractivity contribution in [2.45, 2.75) is 6.61 Å². The van der Waals surface area contributed by atoms with Crippen molar-refractivity contribution in [2.75, 3.05) is 7.11 Å². The Kier molecular flexibility index (Phi) is 3.04. The van der Waals surface area contributed by atoms with Gasteiger partial charge in [0.05, 0.1) is 13.7 Å². The predicted molar refractivity (Wildman–Crippen MR) is 62.2 cm³/mol. The quantitative estimate of drug-likeness (QED) is 0.861. The molecule has 0 atom stereocenters. The molecule has 0 saturated carbocycles. The van der Waals surface area contributed by atoms with Crippen LogP contribution in [0.4, 0.5) is 0 Å². The van der Waals surface area contributed by atoms with Gasteiger partial charge in [-0.05, 0) is 34.0 Å². The molecule has 0 aliphatic heterocycles. The van der Waals surface area contributed by atoms with E-state index in [1.165, 1.54) is 0 Å². The zero-order chi connectivity index (χ0) is 10.7. The Bertz CT molecular complexity index is 435. The minimum atomic E-state index is -0.00477. The Hall–Kier alpha value is -1.32. The zero-order valence-corrected chi connectivity index (χ0v) is 9.25. The third-order valence-electron chi connectivity index (χ3n) is 2.34. The summed E-state index contributed by atoms with van der Waals surface area (Å²) in [6, 6.07) is 7.83. The standard InChI is InChI=1S/C12H12O2S/c1-14-12-4-2-3-10(11(12)7-13)9-5-6-15-8-9/h2-6,8,13H,7H2,1H3. The maximum atomic E-state index is 9.35. The second kappa shape index (κ2) is 4.47. The minimum Gasteiger partial charge on any atom is -0.496 e. The first-order valence-corrected chi connectivity index (χ1v) is 5.60. The number of benzene rings is 1. The van der Waals surface area contributed by atoms with Crippen molar-refractivity contribution < 1.29 is 9.84 Å². The van der Waals surface area contributed by atoms with Gasteiger partial charge in [-0.2, -0.15) is 11.3 Å². The molecule has 2 aromatic rings. The lowest BCUT2D eigenvalue weighted by Gasteiger charge is -2.10. The van der Waals surface area contributed by atoms with E-state index in [1.54, 1.807) is 18.4 Å². The third kappa shape index (κ3) is 1.89. The Labute approximate surface area is 92.8 Å². The summed E-state index contributed by atoms with van der Waals surface area (Å²) in [5.74, 6) is 0.737. The van der Waals surface area contributed by atoms with Crippen LogP contribution >= 0.6 is 11.3 Å². The highest BCUT2D eigenvalue weighted by Gasteiger charge is 2.09. The molecule has 1 aromatic carbocycles. The summed E-state index contributed by atoms with van der Waals surface area (Å²) < 4.78 is 5.22. The highest BCUT2D eigenvalue weighted by molar-refractivity contribution is 7.08. The summed E-state index contributed by atoms with van der Waals surface area (Å²) >= 11 is 1.64. The molecular formula is C12H12O2S. The van der Waals surface area contributed by atoms with Gasteiger partial charge in [0.15, 0.2) is 0 Å². The van der Waals surface area contributed by atoms with Crippen LogP contribution in [0.3, 0.4) is 0 Å². The van der Waals surface area contributed by atoms with E-state index in [-0.39, 0.29) is 6.61 Å². The van der Waals surface area contributed by atoms with E-state index in [0.29, 0.717) is 0 Å². The van der Waals surface area contributed by atoms with Crippen LogP contribution in [-0.2, 0) is 6.61 Å².